The summed E-state index contributed by atoms with van der Waals surface area (Å²) in [6.07, 6.45) is 13.6. The minimum Gasteiger partial charge on any atom is -0.475 e. The summed E-state index contributed by atoms with van der Waals surface area (Å²) in [5.41, 5.74) is 2.02. The summed E-state index contributed by atoms with van der Waals surface area (Å²) < 4.78 is 2.15. The summed E-state index contributed by atoms with van der Waals surface area (Å²) >= 11 is 0. The molecular weight excluding hydrogens is 354 g/mol. The number of hydrogen-bond acceptors (Lipinski definition) is 5. The second kappa shape index (κ2) is 6.71. The van der Waals surface area contributed by atoms with E-state index in [1.165, 1.54) is 57.8 Å². The van der Waals surface area contributed by atoms with Crippen molar-refractivity contribution in [2.24, 2.45) is 17.3 Å². The fourth-order valence-electron chi connectivity index (χ4n) is 5.02. The van der Waals surface area contributed by atoms with Gasteiger partial charge in [0.1, 0.15) is 5.52 Å². The maximum Gasteiger partial charge on any atom is 0.374 e. The fourth-order valence-corrected chi connectivity index (χ4v) is 5.02. The highest BCUT2D eigenvalue weighted by Crippen LogP contribution is 2.57. The zero-order valence-corrected chi connectivity index (χ0v) is 16.5. The molecule has 1 spiro atoms. The third kappa shape index (κ3) is 3.25. The van der Waals surface area contributed by atoms with E-state index in [1.807, 2.05) is 6.33 Å². The molecule has 0 bridgehead atoms. The van der Waals surface area contributed by atoms with Gasteiger partial charge >= 0.3 is 5.97 Å². The maximum atomic E-state index is 11.5. The summed E-state index contributed by atoms with van der Waals surface area (Å²) in [4.78, 5) is 24.5. The average Bonchev–Trinajstić information content (AvgIpc) is 3.25. The van der Waals surface area contributed by atoms with Crippen molar-refractivity contribution in [3.8, 4) is 0 Å². The van der Waals surface area contributed by atoms with Gasteiger partial charge in [0.2, 0.25) is 5.82 Å². The Bertz CT molecular complexity index is 890. The van der Waals surface area contributed by atoms with Crippen molar-refractivity contribution in [1.29, 1.82) is 0 Å². The van der Waals surface area contributed by atoms with Crippen molar-refractivity contribution in [3.63, 3.8) is 0 Å². The molecule has 3 aliphatic carbocycles. The number of nitrogens with one attached hydrogen (secondary N) is 1. The number of carbonyl (C=O) groups is 1. The van der Waals surface area contributed by atoms with E-state index in [-0.39, 0.29) is 11.9 Å². The van der Waals surface area contributed by atoms with Gasteiger partial charge in [-0.05, 0) is 75.5 Å². The van der Waals surface area contributed by atoms with Crippen molar-refractivity contribution in [2.45, 2.75) is 77.3 Å². The first-order valence-electron chi connectivity index (χ1n) is 10.8. The quantitative estimate of drug-likeness (QED) is 0.780. The van der Waals surface area contributed by atoms with E-state index >= 15 is 0 Å². The monoisotopic (exact) mass is 383 g/mol. The molecule has 2 aromatic heterocycles. The predicted molar refractivity (Wildman–Crippen MR) is 106 cm³/mol. The Morgan fingerprint density at radius 1 is 1.25 bits per heavy atom. The van der Waals surface area contributed by atoms with E-state index in [0.717, 1.165) is 12.1 Å². The third-order valence-corrected chi connectivity index (χ3v) is 7.46. The van der Waals surface area contributed by atoms with E-state index < -0.39 is 5.97 Å². The largest absolute Gasteiger partial charge is 0.475 e. The summed E-state index contributed by atoms with van der Waals surface area (Å²) in [5, 5.41) is 12.9. The smallest absolute Gasteiger partial charge is 0.374 e. The molecule has 1 atom stereocenters. The van der Waals surface area contributed by atoms with E-state index in [0.29, 0.717) is 28.7 Å². The van der Waals surface area contributed by atoms with Gasteiger partial charge in [-0.2, -0.15) is 0 Å². The predicted octanol–water partition coefficient (Wildman–Crippen LogP) is 4.10. The Morgan fingerprint density at radius 3 is 2.61 bits per heavy atom. The first-order chi connectivity index (χ1) is 13.5. The molecule has 5 rings (SSSR count). The van der Waals surface area contributed by atoms with E-state index in [1.54, 1.807) is 0 Å². The normalized spacial score (nSPS) is 22.9. The molecule has 0 amide bonds. The molecule has 150 valence electrons. The van der Waals surface area contributed by atoms with Gasteiger partial charge in [-0.15, -0.1) is 0 Å². The molecule has 7 nitrogen and oxygen atoms in total. The molecule has 0 aromatic carbocycles. The highest BCUT2D eigenvalue weighted by Gasteiger charge is 2.44. The van der Waals surface area contributed by atoms with E-state index in [4.69, 9.17) is 0 Å². The number of aromatic nitrogens is 4. The first kappa shape index (κ1) is 17.9. The highest BCUT2D eigenvalue weighted by molar-refractivity contribution is 5.90. The lowest BCUT2D eigenvalue weighted by Gasteiger charge is -2.32. The van der Waals surface area contributed by atoms with Gasteiger partial charge < -0.3 is 15.0 Å². The topological polar surface area (TPSA) is 92.9 Å². The van der Waals surface area contributed by atoms with Crippen LogP contribution in [0.3, 0.4) is 0 Å². The summed E-state index contributed by atoms with van der Waals surface area (Å²) in [6.45, 7) is 3.07. The van der Waals surface area contributed by atoms with Gasteiger partial charge in [0.25, 0.3) is 0 Å². The number of carboxylic acids is 1. The van der Waals surface area contributed by atoms with E-state index in [9.17, 15) is 9.90 Å². The van der Waals surface area contributed by atoms with Gasteiger partial charge in [0, 0.05) is 12.6 Å². The molecule has 1 unspecified atom stereocenters. The Labute approximate surface area is 165 Å². The van der Waals surface area contributed by atoms with Crippen molar-refractivity contribution < 1.29 is 9.90 Å². The molecule has 2 aromatic rings. The summed E-state index contributed by atoms with van der Waals surface area (Å²) in [6, 6.07) is 0.265. The van der Waals surface area contributed by atoms with Crippen molar-refractivity contribution in [2.75, 3.05) is 5.32 Å². The zero-order chi connectivity index (χ0) is 19.3. The molecule has 2 heterocycles. The van der Waals surface area contributed by atoms with Crippen LogP contribution in [0.15, 0.2) is 6.33 Å². The Hall–Kier alpha value is -2.18. The van der Waals surface area contributed by atoms with Crippen LogP contribution in [0.5, 0.6) is 0 Å². The molecule has 3 aliphatic rings. The molecule has 3 fully saturated rings. The van der Waals surface area contributed by atoms with Crippen LogP contribution in [0.4, 0.5) is 5.82 Å². The molecule has 28 heavy (non-hydrogen) atoms. The number of rotatable bonds is 6. The molecule has 0 aliphatic heterocycles. The van der Waals surface area contributed by atoms with Crippen LogP contribution < -0.4 is 5.32 Å². The minimum absolute atomic E-state index is 0.186. The van der Waals surface area contributed by atoms with Gasteiger partial charge in [0.15, 0.2) is 11.5 Å². The van der Waals surface area contributed by atoms with Gasteiger partial charge in [-0.3, -0.25) is 0 Å². The van der Waals surface area contributed by atoms with Crippen molar-refractivity contribution >= 4 is 23.0 Å². The fraction of sp³-hybridized carbons (Fsp3) is 0.714. The maximum absolute atomic E-state index is 11.5. The zero-order valence-electron chi connectivity index (χ0n) is 16.5. The van der Waals surface area contributed by atoms with E-state index in [2.05, 4.69) is 31.8 Å². The number of nitrogens with zero attached hydrogens (tertiary/aromatic N) is 4. The van der Waals surface area contributed by atoms with Gasteiger partial charge in [-0.1, -0.05) is 6.42 Å². The lowest BCUT2D eigenvalue weighted by atomic mass is 9.80. The first-order valence-corrected chi connectivity index (χ1v) is 10.8. The molecule has 3 saturated carbocycles. The standard InChI is InChI=1S/C21H29N5O2/c1-13(15-3-2-4-15)23-18-16-17(24-19(25-18)20(27)28)22-12-26(16)11-14-5-7-21(8-6-14)9-10-21/h12-15H,2-11H2,1H3,(H,27,28)(H,23,24,25). The Kier molecular flexibility index (Phi) is 4.29. The van der Waals surface area contributed by atoms with Crippen LogP contribution >= 0.6 is 0 Å². The SMILES string of the molecule is CC(Nc1nc(C(=O)O)nc2ncn(CC3CCC4(CC3)CC4)c12)C1CCC1. The second-order valence-corrected chi connectivity index (χ2v) is 9.34. The number of anilines is 1. The Morgan fingerprint density at radius 2 is 2.00 bits per heavy atom. The minimum atomic E-state index is -1.11. The second-order valence-electron chi connectivity index (χ2n) is 9.34. The van der Waals surface area contributed by atoms with Crippen LogP contribution in [-0.2, 0) is 6.54 Å². The number of carboxylic acid groups (broad SMARTS) is 1. The average molecular weight is 383 g/mol. The molecule has 0 radical (unpaired) electrons. The van der Waals surface area contributed by atoms with Crippen molar-refractivity contribution in [1.82, 2.24) is 19.5 Å². The van der Waals surface area contributed by atoms with Crippen LogP contribution in [0.2, 0.25) is 0 Å². The number of fused-ring (bicyclic) bond motifs is 1. The summed E-state index contributed by atoms with van der Waals surface area (Å²) in [5.74, 6) is 0.600. The van der Waals surface area contributed by atoms with Crippen molar-refractivity contribution in [3.05, 3.63) is 12.2 Å². The molecule has 7 heteroatoms. The lowest BCUT2D eigenvalue weighted by molar-refractivity contribution is 0.0684. The van der Waals surface area contributed by atoms with Crippen LogP contribution in [-0.4, -0.2) is 36.6 Å². The third-order valence-electron chi connectivity index (χ3n) is 7.46. The molecular formula is C21H29N5O2. The Balaban J connectivity index is 1.43. The van der Waals surface area contributed by atoms with Gasteiger partial charge in [-0.25, -0.2) is 19.7 Å². The summed E-state index contributed by atoms with van der Waals surface area (Å²) in [7, 11) is 0. The lowest BCUT2D eigenvalue weighted by Crippen LogP contribution is -2.31. The number of aromatic carboxylic acids is 1. The highest BCUT2D eigenvalue weighted by atomic mass is 16.4. The van der Waals surface area contributed by atoms with Crippen LogP contribution in [0.1, 0.15) is 75.3 Å². The number of hydrogen-bond donors (Lipinski definition) is 2. The van der Waals surface area contributed by atoms with Crippen LogP contribution in [0.25, 0.3) is 11.2 Å². The number of imidazole rings is 1. The molecule has 2 N–H and O–H groups in total. The van der Waals surface area contributed by atoms with Crippen LogP contribution in [0, 0.1) is 17.3 Å². The molecule has 0 saturated heterocycles. The van der Waals surface area contributed by atoms with Gasteiger partial charge in [0.05, 0.1) is 6.33 Å².